The number of ether oxygens (including phenoxy) is 1. The fourth-order valence-electron chi connectivity index (χ4n) is 4.66. The third kappa shape index (κ3) is 4.72. The van der Waals surface area contributed by atoms with Gasteiger partial charge in [0.15, 0.2) is 12.0 Å². The second-order valence-electron chi connectivity index (χ2n) is 8.13. The molecule has 1 aromatic carbocycles. The maximum Gasteiger partial charge on any atom is 0.573 e. The Morgan fingerprint density at radius 2 is 2.00 bits per heavy atom. The zero-order valence-electron chi connectivity index (χ0n) is 17.2. The zero-order valence-corrected chi connectivity index (χ0v) is 17.2. The molecule has 2 N–H and O–H groups in total. The molecule has 0 aliphatic carbocycles. The summed E-state index contributed by atoms with van der Waals surface area (Å²) in [4.78, 5) is 6.28. The predicted molar refractivity (Wildman–Crippen MR) is 105 cm³/mol. The first-order valence-corrected chi connectivity index (χ1v) is 10.3. The maximum absolute atomic E-state index is 12.4. The number of phenolic OH excluding ortho intramolecular Hbond substituents is 1. The van der Waals surface area contributed by atoms with E-state index in [4.69, 9.17) is 0 Å². The van der Waals surface area contributed by atoms with Gasteiger partial charge < -0.3 is 24.7 Å². The number of nitrogens with zero attached hydrogens (tertiary/aromatic N) is 5. The summed E-state index contributed by atoms with van der Waals surface area (Å²) in [5, 5.41) is 28.2. The Kier molecular flexibility index (Phi) is 5.98. The lowest BCUT2D eigenvalue weighted by atomic mass is 9.92. The van der Waals surface area contributed by atoms with Crippen molar-refractivity contribution in [3.8, 4) is 11.5 Å². The number of aliphatic hydroxyl groups excluding tert-OH is 1. The molecule has 1 unspecified atom stereocenters. The van der Waals surface area contributed by atoms with Gasteiger partial charge in [0, 0.05) is 50.6 Å². The van der Waals surface area contributed by atoms with Crippen molar-refractivity contribution >= 4 is 0 Å². The van der Waals surface area contributed by atoms with E-state index in [0.29, 0.717) is 24.1 Å². The number of rotatable bonds is 5. The molecule has 0 spiro atoms. The predicted octanol–water partition coefficient (Wildman–Crippen LogP) is 2.87. The number of benzene rings is 1. The lowest BCUT2D eigenvalue weighted by molar-refractivity contribution is -0.274. The molecule has 0 amide bonds. The maximum atomic E-state index is 12.4. The number of hydrogen-bond acceptors (Lipinski definition) is 8. The monoisotopic (exact) mass is 441 g/mol. The number of fused-ring (bicyclic) bond motifs is 1. The molecule has 3 atom stereocenters. The van der Waals surface area contributed by atoms with E-state index in [9.17, 15) is 23.4 Å². The van der Waals surface area contributed by atoms with E-state index in [1.165, 1.54) is 6.07 Å². The van der Waals surface area contributed by atoms with Crippen LogP contribution in [0.5, 0.6) is 11.5 Å². The third-order valence-electron chi connectivity index (χ3n) is 6.15. The van der Waals surface area contributed by atoms with Crippen LogP contribution in [-0.4, -0.2) is 77.2 Å². The van der Waals surface area contributed by atoms with Crippen LogP contribution < -0.4 is 4.74 Å². The van der Waals surface area contributed by atoms with Gasteiger partial charge in [-0.3, -0.25) is 4.90 Å². The number of phenols is 1. The molecule has 11 heteroatoms. The third-order valence-corrected chi connectivity index (χ3v) is 6.15. The summed E-state index contributed by atoms with van der Waals surface area (Å²) in [5.74, 6) is 0.476. The highest BCUT2D eigenvalue weighted by Crippen LogP contribution is 2.39. The number of azo groups is 1. The summed E-state index contributed by atoms with van der Waals surface area (Å²) in [6.45, 7) is 3.53. The Morgan fingerprint density at radius 1 is 1.23 bits per heavy atom. The van der Waals surface area contributed by atoms with Gasteiger partial charge in [0.2, 0.25) is 0 Å². The summed E-state index contributed by atoms with van der Waals surface area (Å²) in [5.41, 5.74) is 0.335. The SMILES string of the molecule is CN1C=C(N2CC[C@H]3CCN(CCO)C[C@H]32)N=NC1c1ccc(OC(F)(F)F)cc1O. The van der Waals surface area contributed by atoms with Crippen LogP contribution >= 0.6 is 0 Å². The number of likely N-dealkylation sites (tertiary alicyclic amines) is 2. The molecule has 3 heterocycles. The average molecular weight is 441 g/mol. The molecule has 2 fully saturated rings. The molecule has 0 bridgehead atoms. The van der Waals surface area contributed by atoms with Crippen molar-refractivity contribution in [2.24, 2.45) is 16.1 Å². The lowest BCUT2D eigenvalue weighted by Gasteiger charge is -2.39. The number of aliphatic hydroxyl groups is 1. The Balaban J connectivity index is 1.47. The Morgan fingerprint density at radius 3 is 2.68 bits per heavy atom. The highest BCUT2D eigenvalue weighted by Gasteiger charge is 2.40. The molecule has 2 saturated heterocycles. The van der Waals surface area contributed by atoms with Crippen LogP contribution in [0.4, 0.5) is 13.2 Å². The number of aromatic hydroxyl groups is 1. The van der Waals surface area contributed by atoms with Crippen LogP contribution in [0.1, 0.15) is 24.6 Å². The van der Waals surface area contributed by atoms with Gasteiger partial charge in [-0.25, -0.2) is 0 Å². The van der Waals surface area contributed by atoms with E-state index in [0.717, 1.165) is 50.4 Å². The van der Waals surface area contributed by atoms with E-state index < -0.39 is 18.3 Å². The first kappa shape index (κ1) is 21.7. The summed E-state index contributed by atoms with van der Waals surface area (Å²) in [7, 11) is 1.79. The minimum Gasteiger partial charge on any atom is -0.507 e. The van der Waals surface area contributed by atoms with E-state index >= 15 is 0 Å². The molecule has 31 heavy (non-hydrogen) atoms. The number of halogens is 3. The van der Waals surface area contributed by atoms with Gasteiger partial charge in [0.25, 0.3) is 0 Å². The minimum atomic E-state index is -4.83. The van der Waals surface area contributed by atoms with Crippen molar-refractivity contribution in [1.82, 2.24) is 14.7 Å². The van der Waals surface area contributed by atoms with Gasteiger partial charge in [-0.1, -0.05) is 0 Å². The number of alkyl halides is 3. The van der Waals surface area contributed by atoms with Crippen LogP contribution in [-0.2, 0) is 0 Å². The average Bonchev–Trinajstić information content (AvgIpc) is 3.11. The Hall–Kier alpha value is -2.53. The fraction of sp³-hybridized carbons (Fsp3) is 0.600. The second-order valence-corrected chi connectivity index (χ2v) is 8.13. The molecule has 0 radical (unpaired) electrons. The van der Waals surface area contributed by atoms with Crippen molar-refractivity contribution < 1.29 is 28.1 Å². The first-order chi connectivity index (χ1) is 14.7. The van der Waals surface area contributed by atoms with Crippen molar-refractivity contribution in [2.45, 2.75) is 31.4 Å². The molecule has 0 saturated carbocycles. The number of β-amino-alcohol motifs (C(OH)–C–C–N with tert-alkyl or cyclic N) is 1. The highest BCUT2D eigenvalue weighted by molar-refractivity contribution is 5.42. The molecule has 0 aromatic heterocycles. The number of hydrogen-bond donors (Lipinski definition) is 2. The van der Waals surface area contributed by atoms with E-state index in [1.54, 1.807) is 11.9 Å². The highest BCUT2D eigenvalue weighted by atomic mass is 19.4. The molecular formula is C20H26F3N5O3. The van der Waals surface area contributed by atoms with E-state index in [-0.39, 0.29) is 12.4 Å². The van der Waals surface area contributed by atoms with Gasteiger partial charge in [-0.05, 0) is 37.4 Å². The van der Waals surface area contributed by atoms with Crippen LogP contribution in [0.15, 0.2) is 40.4 Å². The zero-order chi connectivity index (χ0) is 22.2. The Bertz CT molecular complexity index is 863. The molecule has 8 nitrogen and oxygen atoms in total. The van der Waals surface area contributed by atoms with E-state index in [2.05, 4.69) is 24.8 Å². The largest absolute Gasteiger partial charge is 0.573 e. The van der Waals surface area contributed by atoms with Gasteiger partial charge >= 0.3 is 6.36 Å². The van der Waals surface area contributed by atoms with Crippen LogP contribution in [0, 0.1) is 5.92 Å². The lowest BCUT2D eigenvalue weighted by Crippen LogP contribution is -2.48. The van der Waals surface area contributed by atoms with Gasteiger partial charge in [-0.2, -0.15) is 5.11 Å². The quantitative estimate of drug-likeness (QED) is 0.731. The first-order valence-electron chi connectivity index (χ1n) is 10.3. The van der Waals surface area contributed by atoms with Crippen molar-refractivity contribution in [3.63, 3.8) is 0 Å². The van der Waals surface area contributed by atoms with Crippen molar-refractivity contribution in [2.75, 3.05) is 39.8 Å². The standard InChI is InChI=1S/C20H26F3N5O3/c1-26-12-18(28-7-5-13-4-6-27(8-9-29)11-16(13)28)24-25-19(26)15-3-2-14(10-17(15)30)31-20(21,22)23/h2-3,10,12-13,16,19,29-30H,4-9,11H2,1H3/t13-,16-,19?/m1/s1. The summed E-state index contributed by atoms with van der Waals surface area (Å²) >= 11 is 0. The molecule has 4 rings (SSSR count). The van der Waals surface area contributed by atoms with Gasteiger partial charge in [0.1, 0.15) is 11.5 Å². The minimum absolute atomic E-state index is 0.139. The second kappa shape index (κ2) is 8.54. The molecule has 1 aromatic rings. The fourth-order valence-corrected chi connectivity index (χ4v) is 4.66. The van der Waals surface area contributed by atoms with E-state index in [1.807, 2.05) is 6.20 Å². The summed E-state index contributed by atoms with van der Waals surface area (Å²) < 4.78 is 41.0. The van der Waals surface area contributed by atoms with Crippen LogP contribution in [0.25, 0.3) is 0 Å². The molecule has 170 valence electrons. The summed E-state index contributed by atoms with van der Waals surface area (Å²) in [6.07, 6.45) is -1.46. The molecule has 3 aliphatic rings. The summed E-state index contributed by atoms with van der Waals surface area (Å²) in [6, 6.07) is 3.74. The van der Waals surface area contributed by atoms with Gasteiger partial charge in [0.05, 0.1) is 6.61 Å². The molecular weight excluding hydrogens is 415 g/mol. The Labute approximate surface area is 178 Å². The van der Waals surface area contributed by atoms with Crippen molar-refractivity contribution in [1.29, 1.82) is 0 Å². The van der Waals surface area contributed by atoms with Crippen LogP contribution in [0.3, 0.4) is 0 Å². The topological polar surface area (TPSA) is 84.1 Å². The smallest absolute Gasteiger partial charge is 0.507 e. The van der Waals surface area contributed by atoms with Crippen molar-refractivity contribution in [3.05, 3.63) is 35.8 Å². The van der Waals surface area contributed by atoms with Gasteiger partial charge in [-0.15, -0.1) is 18.3 Å². The van der Waals surface area contributed by atoms with Crippen LogP contribution in [0.2, 0.25) is 0 Å². The number of piperidine rings is 1. The normalized spacial score (nSPS) is 26.7. The molecule has 3 aliphatic heterocycles.